The first-order valence-electron chi connectivity index (χ1n) is 3.21. The molecule has 0 aromatic heterocycles. The number of oxime groups is 1. The van der Waals surface area contributed by atoms with Gasteiger partial charge in [-0.15, -0.1) is 0 Å². The molecular weight excluding hydrogens is 198 g/mol. The molecule has 1 saturated carbocycles. The van der Waals surface area contributed by atoms with E-state index < -0.39 is 0 Å². The third-order valence-corrected chi connectivity index (χ3v) is 2.68. The van der Waals surface area contributed by atoms with E-state index in [1.807, 2.05) is 0 Å². The molecule has 0 spiro atoms. The summed E-state index contributed by atoms with van der Waals surface area (Å²) in [4.78, 5) is 15.9. The van der Waals surface area contributed by atoms with Crippen LogP contribution in [0.2, 0.25) is 0 Å². The molecule has 3 nitrogen and oxygen atoms in total. The lowest BCUT2D eigenvalue weighted by atomic mass is 10.1. The van der Waals surface area contributed by atoms with E-state index in [0.29, 0.717) is 6.42 Å². The molecule has 2 aliphatic rings. The van der Waals surface area contributed by atoms with Crippen LogP contribution < -0.4 is 0 Å². The van der Waals surface area contributed by atoms with Crippen molar-refractivity contribution >= 4 is 26.3 Å². The molecule has 0 aromatic rings. The van der Waals surface area contributed by atoms with Gasteiger partial charge in [-0.1, -0.05) is 5.16 Å². The molecule has 0 aromatic carbocycles. The number of Topliss-reactive ketones (excluding diaryl/α,β-unsaturated/α-hetero) is 1. The Morgan fingerprint density at radius 3 is 3.20 bits per heavy atom. The molecule has 2 rings (SSSR count). The Hall–Kier alpha value is -0.380. The normalized spacial score (nSPS) is 37.3. The molecule has 54 valence electrons. The summed E-state index contributed by atoms with van der Waals surface area (Å²) in [7, 11) is 0. The lowest BCUT2D eigenvalue weighted by Gasteiger charge is -2.02. The van der Waals surface area contributed by atoms with Crippen LogP contribution in [-0.4, -0.2) is 16.5 Å². The highest BCUT2D eigenvalue weighted by Crippen LogP contribution is 2.33. The molecule has 1 aliphatic carbocycles. The first-order chi connectivity index (χ1) is 4.79. The number of rotatable bonds is 0. The van der Waals surface area contributed by atoms with E-state index in [-0.39, 0.29) is 17.8 Å². The van der Waals surface area contributed by atoms with Crippen LogP contribution in [-0.2, 0) is 9.63 Å². The summed E-state index contributed by atoms with van der Waals surface area (Å²) in [6.45, 7) is 0. The fraction of sp³-hybridized carbons (Fsp3) is 0.667. The smallest absolute Gasteiger partial charge is 0.194 e. The third kappa shape index (κ3) is 0.714. The van der Waals surface area contributed by atoms with Crippen LogP contribution in [0.1, 0.15) is 12.8 Å². The van der Waals surface area contributed by atoms with Crippen LogP contribution in [0, 0.1) is 5.92 Å². The van der Waals surface area contributed by atoms with Gasteiger partial charge in [0, 0.05) is 6.42 Å². The molecular formula is C6H6BrNO2. The van der Waals surface area contributed by atoms with Gasteiger partial charge in [0.1, 0.15) is 4.62 Å². The summed E-state index contributed by atoms with van der Waals surface area (Å²) in [6.07, 6.45) is 1.25. The molecule has 1 fully saturated rings. The van der Waals surface area contributed by atoms with Crippen molar-refractivity contribution in [3.63, 3.8) is 0 Å². The Balaban J connectivity index is 2.24. The van der Waals surface area contributed by atoms with Gasteiger partial charge in [0.25, 0.3) is 0 Å². The highest BCUT2D eigenvalue weighted by molar-refractivity contribution is 9.18. The average Bonchev–Trinajstić information content (AvgIpc) is 2.41. The first kappa shape index (κ1) is 6.34. The van der Waals surface area contributed by atoms with Crippen molar-refractivity contribution in [3.8, 4) is 0 Å². The van der Waals surface area contributed by atoms with E-state index in [2.05, 4.69) is 21.1 Å². The molecule has 1 aliphatic heterocycles. The van der Waals surface area contributed by atoms with Crippen molar-refractivity contribution in [3.05, 3.63) is 0 Å². The Kier molecular flexibility index (Phi) is 1.30. The Morgan fingerprint density at radius 2 is 2.50 bits per heavy atom. The van der Waals surface area contributed by atoms with E-state index in [0.717, 1.165) is 11.0 Å². The second-order valence-electron chi connectivity index (χ2n) is 2.55. The van der Waals surface area contributed by atoms with E-state index in [4.69, 9.17) is 4.84 Å². The number of ketones is 1. The number of hydrogen-bond acceptors (Lipinski definition) is 3. The van der Waals surface area contributed by atoms with Gasteiger partial charge in [-0.2, -0.15) is 0 Å². The number of halogens is 1. The molecule has 0 radical (unpaired) electrons. The largest absolute Gasteiger partial charge is 0.383 e. The van der Waals surface area contributed by atoms with Crippen molar-refractivity contribution in [2.45, 2.75) is 18.9 Å². The topological polar surface area (TPSA) is 38.7 Å². The van der Waals surface area contributed by atoms with Gasteiger partial charge in [0.05, 0.1) is 5.92 Å². The highest BCUT2D eigenvalue weighted by Gasteiger charge is 2.43. The molecule has 0 bridgehead atoms. The molecule has 1 heterocycles. The lowest BCUT2D eigenvalue weighted by Crippen LogP contribution is -2.20. The maximum absolute atomic E-state index is 11.0. The second kappa shape index (κ2) is 2.05. The zero-order valence-electron chi connectivity index (χ0n) is 5.21. The zero-order valence-corrected chi connectivity index (χ0v) is 6.80. The summed E-state index contributed by atoms with van der Waals surface area (Å²) in [6, 6.07) is 0. The number of fused-ring (bicyclic) bond motifs is 1. The lowest BCUT2D eigenvalue weighted by molar-refractivity contribution is -0.126. The molecule has 0 unspecified atom stereocenters. The fourth-order valence-electron chi connectivity index (χ4n) is 1.37. The third-order valence-electron chi connectivity index (χ3n) is 1.94. The minimum absolute atomic E-state index is 0.184. The number of carbonyl (C=O) groups is 1. The van der Waals surface area contributed by atoms with Crippen molar-refractivity contribution < 1.29 is 9.63 Å². The predicted molar refractivity (Wildman–Crippen MR) is 39.0 cm³/mol. The van der Waals surface area contributed by atoms with Gasteiger partial charge >= 0.3 is 0 Å². The van der Waals surface area contributed by atoms with Gasteiger partial charge in [-0.3, -0.25) is 4.79 Å². The van der Waals surface area contributed by atoms with Crippen LogP contribution in [0.25, 0.3) is 0 Å². The summed E-state index contributed by atoms with van der Waals surface area (Å²) in [5.74, 6) is 0.399. The van der Waals surface area contributed by atoms with Crippen LogP contribution >= 0.6 is 15.9 Å². The standard InChI is InChI=1S/C6H6BrNO2/c7-6-3-1-2-4(9)5(3)10-8-6/h3,5H,1-2H2/t3-,5-/m1/s1. The summed E-state index contributed by atoms with van der Waals surface area (Å²) in [5, 5.41) is 3.68. The van der Waals surface area contributed by atoms with Crippen molar-refractivity contribution in [2.24, 2.45) is 11.1 Å². The minimum Gasteiger partial charge on any atom is -0.383 e. The number of nitrogens with zero attached hydrogens (tertiary/aromatic N) is 1. The molecule has 4 heteroatoms. The summed E-state index contributed by atoms with van der Waals surface area (Å²) < 4.78 is 0.795. The van der Waals surface area contributed by atoms with Crippen LogP contribution in [0.3, 0.4) is 0 Å². The summed E-state index contributed by atoms with van der Waals surface area (Å²) in [5.41, 5.74) is 0. The SMILES string of the molecule is O=C1CC[C@H]2C(Br)=NO[C@@H]12. The molecule has 0 amide bonds. The second-order valence-corrected chi connectivity index (χ2v) is 3.36. The fourth-order valence-corrected chi connectivity index (χ4v) is 1.92. The van der Waals surface area contributed by atoms with Gasteiger partial charge in [-0.25, -0.2) is 0 Å². The monoisotopic (exact) mass is 203 g/mol. The van der Waals surface area contributed by atoms with E-state index in [9.17, 15) is 4.79 Å². The van der Waals surface area contributed by atoms with Gasteiger partial charge < -0.3 is 4.84 Å². The van der Waals surface area contributed by atoms with Crippen molar-refractivity contribution in [2.75, 3.05) is 0 Å². The maximum atomic E-state index is 11.0. The number of hydrogen-bond donors (Lipinski definition) is 0. The highest BCUT2D eigenvalue weighted by atomic mass is 79.9. The molecule has 0 N–H and O–H groups in total. The molecule has 2 atom stereocenters. The van der Waals surface area contributed by atoms with Gasteiger partial charge in [-0.05, 0) is 22.4 Å². The first-order valence-corrected chi connectivity index (χ1v) is 4.00. The average molecular weight is 204 g/mol. The van der Waals surface area contributed by atoms with Crippen molar-refractivity contribution in [1.29, 1.82) is 0 Å². The van der Waals surface area contributed by atoms with Gasteiger partial charge in [0.2, 0.25) is 0 Å². The maximum Gasteiger partial charge on any atom is 0.194 e. The van der Waals surface area contributed by atoms with E-state index in [1.165, 1.54) is 0 Å². The molecule has 10 heavy (non-hydrogen) atoms. The van der Waals surface area contributed by atoms with Gasteiger partial charge in [0.15, 0.2) is 11.9 Å². The quantitative estimate of drug-likeness (QED) is 0.591. The van der Waals surface area contributed by atoms with Crippen LogP contribution in [0.5, 0.6) is 0 Å². The minimum atomic E-state index is -0.269. The van der Waals surface area contributed by atoms with Crippen molar-refractivity contribution in [1.82, 2.24) is 0 Å². The van der Waals surface area contributed by atoms with E-state index >= 15 is 0 Å². The van der Waals surface area contributed by atoms with E-state index in [1.54, 1.807) is 0 Å². The zero-order chi connectivity index (χ0) is 7.14. The van der Waals surface area contributed by atoms with Crippen LogP contribution in [0.4, 0.5) is 0 Å². The summed E-state index contributed by atoms with van der Waals surface area (Å²) >= 11 is 3.25. The Morgan fingerprint density at radius 1 is 1.70 bits per heavy atom. The van der Waals surface area contributed by atoms with Crippen LogP contribution in [0.15, 0.2) is 5.16 Å². The number of carbonyl (C=O) groups excluding carboxylic acids is 1. The molecule has 0 saturated heterocycles. The Labute approximate surface area is 66.5 Å². The Bertz CT molecular complexity index is 214. The predicted octanol–water partition coefficient (Wildman–Crippen LogP) is 1.07.